The van der Waals surface area contributed by atoms with Crippen molar-refractivity contribution in [3.05, 3.63) is 36.2 Å². The minimum Gasteiger partial charge on any atom is -0.487 e. The van der Waals surface area contributed by atoms with Gasteiger partial charge in [-0.1, -0.05) is 0 Å². The molecule has 94 valence electrons. The number of nitrogens with two attached hydrogens (primary N) is 1. The van der Waals surface area contributed by atoms with Gasteiger partial charge < -0.3 is 10.5 Å². The number of halogens is 1. The lowest BCUT2D eigenvalue weighted by atomic mass is 10.3. The molecule has 0 radical (unpaired) electrons. The Hall–Kier alpha value is -1.40. The third-order valence-electron chi connectivity index (χ3n) is 1.97. The largest absolute Gasteiger partial charge is 0.487 e. The maximum Gasteiger partial charge on any atom is 0.175 e. The van der Waals surface area contributed by atoms with Crippen LogP contribution in [0.3, 0.4) is 0 Å². The van der Waals surface area contributed by atoms with Gasteiger partial charge in [-0.3, -0.25) is 0 Å². The van der Waals surface area contributed by atoms with Crippen LogP contribution in [0.5, 0.6) is 5.75 Å². The number of benzene rings is 1. The van der Waals surface area contributed by atoms with Crippen molar-refractivity contribution in [3.63, 3.8) is 0 Å². The van der Waals surface area contributed by atoms with E-state index in [-0.39, 0.29) is 18.0 Å². The number of rotatable bonds is 5. The van der Waals surface area contributed by atoms with Crippen molar-refractivity contribution in [1.82, 2.24) is 0 Å². The Morgan fingerprint density at radius 2 is 2.00 bits per heavy atom. The second-order valence-electron chi connectivity index (χ2n) is 3.42. The SMILES string of the molecule is CS(=O)(=O)c1ccc(OC/C(F)=C\CN)cc1. The molecule has 0 saturated carbocycles. The smallest absolute Gasteiger partial charge is 0.175 e. The lowest BCUT2D eigenvalue weighted by Gasteiger charge is -2.05. The second kappa shape index (κ2) is 5.79. The summed E-state index contributed by atoms with van der Waals surface area (Å²) in [7, 11) is -3.22. The molecule has 4 nitrogen and oxygen atoms in total. The quantitative estimate of drug-likeness (QED) is 0.864. The molecule has 0 unspecified atom stereocenters. The Labute approximate surface area is 99.8 Å². The summed E-state index contributed by atoms with van der Waals surface area (Å²) in [6.45, 7) is -0.0996. The average molecular weight is 259 g/mol. The highest BCUT2D eigenvalue weighted by molar-refractivity contribution is 7.90. The van der Waals surface area contributed by atoms with Crippen molar-refractivity contribution in [2.24, 2.45) is 5.73 Å². The van der Waals surface area contributed by atoms with E-state index in [1.165, 1.54) is 30.3 Å². The lowest BCUT2D eigenvalue weighted by Crippen LogP contribution is -2.02. The van der Waals surface area contributed by atoms with E-state index in [4.69, 9.17) is 10.5 Å². The third kappa shape index (κ3) is 4.54. The third-order valence-corrected chi connectivity index (χ3v) is 3.10. The molecule has 0 atom stereocenters. The minimum absolute atomic E-state index is 0.113. The Bertz CT molecular complexity index is 494. The predicted octanol–water partition coefficient (Wildman–Crippen LogP) is 1.28. The van der Waals surface area contributed by atoms with Gasteiger partial charge in [-0.25, -0.2) is 12.8 Å². The van der Waals surface area contributed by atoms with Crippen molar-refractivity contribution in [2.45, 2.75) is 4.90 Å². The topological polar surface area (TPSA) is 69.4 Å². The van der Waals surface area contributed by atoms with Gasteiger partial charge in [0.25, 0.3) is 0 Å². The predicted molar refractivity (Wildman–Crippen MR) is 63.3 cm³/mol. The lowest BCUT2D eigenvalue weighted by molar-refractivity contribution is 0.318. The zero-order valence-corrected chi connectivity index (χ0v) is 10.2. The van der Waals surface area contributed by atoms with Crippen LogP contribution >= 0.6 is 0 Å². The Balaban J connectivity index is 2.67. The average Bonchev–Trinajstić information content (AvgIpc) is 2.26. The molecule has 0 fully saturated rings. The van der Waals surface area contributed by atoms with Gasteiger partial charge >= 0.3 is 0 Å². The monoisotopic (exact) mass is 259 g/mol. The van der Waals surface area contributed by atoms with Gasteiger partial charge in [0.05, 0.1) is 4.90 Å². The molecule has 0 heterocycles. The standard InChI is InChI=1S/C11H14FNO3S/c1-17(14,15)11-4-2-10(3-5-11)16-8-9(12)6-7-13/h2-6H,7-8,13H2,1H3/b9-6+. The summed E-state index contributed by atoms with van der Waals surface area (Å²) < 4.78 is 40.4. The van der Waals surface area contributed by atoms with Crippen LogP contribution in [0.15, 0.2) is 41.1 Å². The zero-order chi connectivity index (χ0) is 12.9. The minimum atomic E-state index is -3.22. The fourth-order valence-electron chi connectivity index (χ4n) is 1.12. The van der Waals surface area contributed by atoms with E-state index in [0.29, 0.717) is 5.75 Å². The van der Waals surface area contributed by atoms with E-state index in [1.54, 1.807) is 0 Å². The fraction of sp³-hybridized carbons (Fsp3) is 0.273. The van der Waals surface area contributed by atoms with Gasteiger partial charge in [0.1, 0.15) is 18.2 Å². The van der Waals surface area contributed by atoms with Crippen molar-refractivity contribution in [2.75, 3.05) is 19.4 Å². The van der Waals surface area contributed by atoms with E-state index < -0.39 is 15.7 Å². The molecule has 1 rings (SSSR count). The summed E-state index contributed by atoms with van der Waals surface area (Å²) >= 11 is 0. The highest BCUT2D eigenvalue weighted by atomic mass is 32.2. The van der Waals surface area contributed by atoms with Crippen molar-refractivity contribution >= 4 is 9.84 Å². The summed E-state index contributed by atoms with van der Waals surface area (Å²) in [6.07, 6.45) is 2.33. The maximum atomic E-state index is 12.9. The summed E-state index contributed by atoms with van der Waals surface area (Å²) in [4.78, 5) is 0.197. The van der Waals surface area contributed by atoms with Gasteiger partial charge in [0.15, 0.2) is 9.84 Å². The van der Waals surface area contributed by atoms with Crippen LogP contribution in [0.4, 0.5) is 4.39 Å². The first-order valence-electron chi connectivity index (χ1n) is 4.91. The van der Waals surface area contributed by atoms with Crippen LogP contribution < -0.4 is 10.5 Å². The van der Waals surface area contributed by atoms with E-state index in [2.05, 4.69) is 0 Å². The van der Waals surface area contributed by atoms with Crippen molar-refractivity contribution in [1.29, 1.82) is 0 Å². The normalized spacial score (nSPS) is 12.5. The molecule has 1 aromatic rings. The number of hydrogen-bond donors (Lipinski definition) is 1. The fourth-order valence-corrected chi connectivity index (χ4v) is 1.75. The molecule has 0 aliphatic heterocycles. The van der Waals surface area contributed by atoms with Gasteiger partial charge in [0, 0.05) is 12.8 Å². The van der Waals surface area contributed by atoms with E-state index in [0.717, 1.165) is 6.26 Å². The molecule has 17 heavy (non-hydrogen) atoms. The summed E-state index contributed by atoms with van der Waals surface area (Å²) in [6, 6.07) is 5.78. The van der Waals surface area contributed by atoms with E-state index in [1.807, 2.05) is 0 Å². The summed E-state index contributed by atoms with van der Waals surface area (Å²) in [5, 5.41) is 0. The Morgan fingerprint density at radius 1 is 1.41 bits per heavy atom. The molecular weight excluding hydrogens is 245 g/mol. The van der Waals surface area contributed by atoms with Crippen LogP contribution in [-0.2, 0) is 9.84 Å². The van der Waals surface area contributed by atoms with Crippen LogP contribution in [0.1, 0.15) is 0 Å². The summed E-state index contributed by atoms with van der Waals surface area (Å²) in [5.41, 5.74) is 5.13. The molecule has 0 aliphatic rings. The molecule has 0 aliphatic carbocycles. The van der Waals surface area contributed by atoms with Gasteiger partial charge in [0.2, 0.25) is 0 Å². The molecule has 0 spiro atoms. The highest BCUT2D eigenvalue weighted by Gasteiger charge is 2.06. The molecule has 0 amide bonds. The van der Waals surface area contributed by atoms with Crippen LogP contribution in [0.25, 0.3) is 0 Å². The van der Waals surface area contributed by atoms with Gasteiger partial charge in [-0.15, -0.1) is 0 Å². The Kier molecular flexibility index (Phi) is 4.65. The first kappa shape index (κ1) is 13.7. The van der Waals surface area contributed by atoms with Crippen LogP contribution in [0, 0.1) is 0 Å². The van der Waals surface area contributed by atoms with E-state index >= 15 is 0 Å². The molecule has 0 aromatic heterocycles. The molecule has 6 heteroatoms. The first-order chi connectivity index (χ1) is 7.93. The zero-order valence-electron chi connectivity index (χ0n) is 9.39. The number of hydrogen-bond acceptors (Lipinski definition) is 4. The molecule has 0 saturated heterocycles. The number of sulfone groups is 1. The second-order valence-corrected chi connectivity index (χ2v) is 5.43. The number of ether oxygens (including phenoxy) is 1. The highest BCUT2D eigenvalue weighted by Crippen LogP contribution is 2.16. The maximum absolute atomic E-state index is 12.9. The summed E-state index contributed by atoms with van der Waals surface area (Å²) in [5.74, 6) is -0.0577. The van der Waals surface area contributed by atoms with Gasteiger partial charge in [-0.2, -0.15) is 0 Å². The van der Waals surface area contributed by atoms with E-state index in [9.17, 15) is 12.8 Å². The van der Waals surface area contributed by atoms with Crippen LogP contribution in [-0.4, -0.2) is 27.8 Å². The van der Waals surface area contributed by atoms with Crippen molar-refractivity contribution < 1.29 is 17.5 Å². The molecular formula is C11H14FNO3S. The van der Waals surface area contributed by atoms with Crippen LogP contribution in [0.2, 0.25) is 0 Å². The molecule has 1 aromatic carbocycles. The van der Waals surface area contributed by atoms with Crippen molar-refractivity contribution in [3.8, 4) is 5.75 Å². The first-order valence-corrected chi connectivity index (χ1v) is 6.80. The Morgan fingerprint density at radius 3 is 2.47 bits per heavy atom. The molecule has 0 bridgehead atoms. The molecule has 2 N–H and O–H groups in total. The van der Waals surface area contributed by atoms with Gasteiger partial charge in [-0.05, 0) is 30.3 Å².